The van der Waals surface area contributed by atoms with Gasteiger partial charge < -0.3 is 14.4 Å². The Labute approximate surface area is 137 Å². The number of nitrogens with zero attached hydrogens (tertiary/aromatic N) is 1. The van der Waals surface area contributed by atoms with Crippen molar-refractivity contribution in [3.05, 3.63) is 59.1 Å². The number of halogens is 2. The first-order valence-electron chi connectivity index (χ1n) is 8.06. The van der Waals surface area contributed by atoms with Crippen molar-refractivity contribution in [3.63, 3.8) is 0 Å². The van der Waals surface area contributed by atoms with Gasteiger partial charge in [-0.2, -0.15) is 0 Å². The van der Waals surface area contributed by atoms with Crippen molar-refractivity contribution in [1.82, 2.24) is 4.90 Å². The van der Waals surface area contributed by atoms with Crippen molar-refractivity contribution in [2.24, 2.45) is 0 Å². The molecular weight excluding hydrogens is 316 g/mol. The van der Waals surface area contributed by atoms with Gasteiger partial charge in [-0.3, -0.25) is 4.79 Å². The normalized spacial score (nSPS) is 23.7. The molecule has 1 N–H and O–H groups in total. The Bertz CT molecular complexity index is 784. The molecule has 1 aromatic carbocycles. The fourth-order valence-corrected chi connectivity index (χ4v) is 3.42. The minimum atomic E-state index is -0.766. The molecule has 126 valence electrons. The first-order chi connectivity index (χ1) is 11.5. The summed E-state index contributed by atoms with van der Waals surface area (Å²) in [5, 5.41) is 10.00. The van der Waals surface area contributed by atoms with E-state index in [1.54, 1.807) is 6.07 Å². The van der Waals surface area contributed by atoms with Crippen molar-refractivity contribution < 1.29 is 23.1 Å². The van der Waals surface area contributed by atoms with Crippen LogP contribution >= 0.6 is 0 Å². The molecule has 1 aromatic heterocycles. The Morgan fingerprint density at radius 2 is 2.04 bits per heavy atom. The second-order valence-electron chi connectivity index (χ2n) is 6.50. The van der Waals surface area contributed by atoms with Gasteiger partial charge in [-0.15, -0.1) is 0 Å². The maximum atomic E-state index is 14.1. The highest BCUT2D eigenvalue weighted by atomic mass is 19.1. The standard InChI is InChI=1S/C18H17F2NO3/c19-11-3-4-15(20)14(7-11)16-8-12(22)9-21(16)18(23)13-5-6-24-17(13)10-1-2-10/h3-7,10,12,16,22H,1-2,8-9H2/t12-,16+/m0/s1. The first kappa shape index (κ1) is 15.3. The number of aliphatic hydroxyl groups excluding tert-OH is 1. The number of amides is 1. The third kappa shape index (κ3) is 2.60. The summed E-state index contributed by atoms with van der Waals surface area (Å²) in [6.45, 7) is 0.0920. The summed E-state index contributed by atoms with van der Waals surface area (Å²) in [5.41, 5.74) is 0.546. The summed E-state index contributed by atoms with van der Waals surface area (Å²) in [7, 11) is 0. The van der Waals surface area contributed by atoms with E-state index in [0.717, 1.165) is 31.0 Å². The van der Waals surface area contributed by atoms with Gasteiger partial charge in [-0.1, -0.05) is 0 Å². The number of β-amino-alcohol motifs (C(OH)–C–C–N with tert-alkyl or cyclic N) is 1. The van der Waals surface area contributed by atoms with Crippen molar-refractivity contribution in [2.45, 2.75) is 37.3 Å². The van der Waals surface area contributed by atoms with Crippen molar-refractivity contribution in [1.29, 1.82) is 0 Å². The second kappa shape index (κ2) is 5.70. The molecule has 0 bridgehead atoms. The number of carbonyl (C=O) groups is 1. The number of rotatable bonds is 3. The molecule has 2 fully saturated rings. The van der Waals surface area contributed by atoms with Crippen LogP contribution in [-0.2, 0) is 0 Å². The Hall–Kier alpha value is -2.21. The summed E-state index contributed by atoms with van der Waals surface area (Å²) in [6, 6.07) is 4.10. The van der Waals surface area contributed by atoms with Crippen LogP contribution in [0, 0.1) is 11.6 Å². The number of hydrogen-bond donors (Lipinski definition) is 1. The molecule has 1 saturated carbocycles. The lowest BCUT2D eigenvalue weighted by atomic mass is 10.0. The predicted octanol–water partition coefficient (Wildman–Crippen LogP) is 3.38. The van der Waals surface area contributed by atoms with Crippen LogP contribution in [-0.4, -0.2) is 28.6 Å². The minimum Gasteiger partial charge on any atom is -0.468 e. The summed E-state index contributed by atoms with van der Waals surface area (Å²) in [4.78, 5) is 14.3. The van der Waals surface area contributed by atoms with Crippen LogP contribution in [0.1, 0.15) is 52.9 Å². The minimum absolute atomic E-state index is 0.0920. The summed E-state index contributed by atoms with van der Waals surface area (Å²) >= 11 is 0. The van der Waals surface area contributed by atoms with E-state index in [2.05, 4.69) is 0 Å². The van der Waals surface area contributed by atoms with Crippen molar-refractivity contribution in [3.8, 4) is 0 Å². The highest BCUT2D eigenvalue weighted by Gasteiger charge is 2.40. The van der Waals surface area contributed by atoms with E-state index in [4.69, 9.17) is 4.42 Å². The number of carbonyl (C=O) groups excluding carboxylic acids is 1. The lowest BCUT2D eigenvalue weighted by molar-refractivity contribution is 0.0711. The summed E-state index contributed by atoms with van der Waals surface area (Å²) in [6.07, 6.45) is 2.86. The highest BCUT2D eigenvalue weighted by molar-refractivity contribution is 5.96. The van der Waals surface area contributed by atoms with E-state index in [-0.39, 0.29) is 30.4 Å². The molecule has 2 aromatic rings. The smallest absolute Gasteiger partial charge is 0.258 e. The van der Waals surface area contributed by atoms with Gasteiger partial charge in [0.15, 0.2) is 0 Å². The van der Waals surface area contributed by atoms with Crippen molar-refractivity contribution in [2.75, 3.05) is 6.54 Å². The molecule has 1 aliphatic heterocycles. The second-order valence-corrected chi connectivity index (χ2v) is 6.50. The maximum absolute atomic E-state index is 14.1. The van der Waals surface area contributed by atoms with Gasteiger partial charge in [0, 0.05) is 18.0 Å². The van der Waals surface area contributed by atoms with Gasteiger partial charge in [0.1, 0.15) is 17.4 Å². The van der Waals surface area contributed by atoms with Crippen LogP contribution in [0.4, 0.5) is 8.78 Å². The molecule has 0 spiro atoms. The molecule has 2 aliphatic rings. The molecule has 0 radical (unpaired) electrons. The lowest BCUT2D eigenvalue weighted by Gasteiger charge is -2.25. The fourth-order valence-electron chi connectivity index (χ4n) is 3.42. The Balaban J connectivity index is 1.68. The quantitative estimate of drug-likeness (QED) is 0.937. The Kier molecular flexibility index (Phi) is 3.64. The summed E-state index contributed by atoms with van der Waals surface area (Å²) < 4.78 is 33.1. The fraction of sp³-hybridized carbons (Fsp3) is 0.389. The number of aliphatic hydroxyl groups is 1. The van der Waals surface area contributed by atoms with Gasteiger partial charge in [-0.05, 0) is 43.5 Å². The lowest BCUT2D eigenvalue weighted by Crippen LogP contribution is -2.32. The molecule has 1 amide bonds. The molecule has 4 nitrogen and oxygen atoms in total. The molecule has 1 aliphatic carbocycles. The van der Waals surface area contributed by atoms with E-state index in [1.807, 2.05) is 0 Å². The number of hydrogen-bond acceptors (Lipinski definition) is 3. The molecule has 2 heterocycles. The van der Waals surface area contributed by atoms with Gasteiger partial charge >= 0.3 is 0 Å². The van der Waals surface area contributed by atoms with E-state index < -0.39 is 23.8 Å². The largest absolute Gasteiger partial charge is 0.468 e. The van der Waals surface area contributed by atoms with Gasteiger partial charge in [0.2, 0.25) is 0 Å². The monoisotopic (exact) mass is 333 g/mol. The van der Waals surface area contributed by atoms with Gasteiger partial charge in [0.25, 0.3) is 5.91 Å². The molecule has 24 heavy (non-hydrogen) atoms. The summed E-state index contributed by atoms with van der Waals surface area (Å²) in [5.74, 6) is -0.545. The zero-order valence-corrected chi connectivity index (χ0v) is 12.9. The van der Waals surface area contributed by atoms with Crippen LogP contribution in [0.5, 0.6) is 0 Å². The van der Waals surface area contributed by atoms with Gasteiger partial charge in [0.05, 0.1) is 24.0 Å². The average Bonchev–Trinajstić information content (AvgIpc) is 3.15. The number of likely N-dealkylation sites (tertiary alicyclic amines) is 1. The third-order valence-corrected chi connectivity index (χ3v) is 4.73. The number of benzene rings is 1. The Morgan fingerprint density at radius 1 is 1.25 bits per heavy atom. The number of furan rings is 1. The molecule has 2 atom stereocenters. The molecule has 0 unspecified atom stereocenters. The predicted molar refractivity (Wildman–Crippen MR) is 81.4 cm³/mol. The van der Waals surface area contributed by atoms with Crippen LogP contribution in [0.2, 0.25) is 0 Å². The van der Waals surface area contributed by atoms with E-state index in [1.165, 1.54) is 11.2 Å². The maximum Gasteiger partial charge on any atom is 0.258 e. The zero-order valence-electron chi connectivity index (χ0n) is 12.9. The highest BCUT2D eigenvalue weighted by Crippen LogP contribution is 2.43. The zero-order chi connectivity index (χ0) is 16.8. The van der Waals surface area contributed by atoms with E-state index in [0.29, 0.717) is 11.3 Å². The van der Waals surface area contributed by atoms with Crippen LogP contribution in [0.25, 0.3) is 0 Å². The average molecular weight is 333 g/mol. The molecule has 4 rings (SSSR count). The van der Waals surface area contributed by atoms with Gasteiger partial charge in [-0.25, -0.2) is 8.78 Å². The van der Waals surface area contributed by atoms with Crippen molar-refractivity contribution >= 4 is 5.91 Å². The van der Waals surface area contributed by atoms with Crippen LogP contribution < -0.4 is 0 Å². The van der Waals surface area contributed by atoms with E-state index in [9.17, 15) is 18.7 Å². The molecule has 1 saturated heterocycles. The van der Waals surface area contributed by atoms with E-state index >= 15 is 0 Å². The SMILES string of the molecule is O=C(c1ccoc1C1CC1)N1C[C@@H](O)C[C@@H]1c1cc(F)ccc1F. The molecular formula is C18H17F2NO3. The first-order valence-corrected chi connectivity index (χ1v) is 8.06. The topological polar surface area (TPSA) is 53.7 Å². The third-order valence-electron chi connectivity index (χ3n) is 4.73. The molecule has 6 heteroatoms. The van der Waals surface area contributed by atoms with Crippen LogP contribution in [0.15, 0.2) is 34.9 Å². The Morgan fingerprint density at radius 3 is 2.79 bits per heavy atom. The van der Waals surface area contributed by atoms with Crippen LogP contribution in [0.3, 0.4) is 0 Å².